The molecular weight excluding hydrogens is 350 g/mol. The zero-order valence-electron chi connectivity index (χ0n) is 8.22. The Balaban J connectivity index is 2.39. The van der Waals surface area contributed by atoms with Gasteiger partial charge in [0.2, 0.25) is 0 Å². The third kappa shape index (κ3) is 2.23. The number of allylic oxidation sites excluding steroid dienone is 1. The molecule has 0 spiro atoms. The first kappa shape index (κ1) is 10.7. The Hall–Kier alpha value is 0.209. The number of halogens is 1. The molecule has 0 atom stereocenters. The standard InChI is InChI=1S/C12H13ISe/c1-9-5-2-3-6-10(9)12(13)11-7-4-8-14-11/h2-3,5-6H,4,7-8H2,1H3/b12-11-. The van der Waals surface area contributed by atoms with Gasteiger partial charge in [-0.15, -0.1) is 0 Å². The molecule has 0 N–H and O–H groups in total. The summed E-state index contributed by atoms with van der Waals surface area (Å²) in [6.45, 7) is 2.20. The molecule has 0 nitrogen and oxygen atoms in total. The van der Waals surface area contributed by atoms with Crippen molar-refractivity contribution in [3.63, 3.8) is 0 Å². The van der Waals surface area contributed by atoms with Crippen molar-refractivity contribution in [1.82, 2.24) is 0 Å². The van der Waals surface area contributed by atoms with E-state index in [1.165, 1.54) is 32.9 Å². The average molecular weight is 363 g/mol. The fourth-order valence-electron chi connectivity index (χ4n) is 1.64. The van der Waals surface area contributed by atoms with Crippen LogP contribution in [-0.4, -0.2) is 15.0 Å². The molecule has 14 heavy (non-hydrogen) atoms. The summed E-state index contributed by atoms with van der Waals surface area (Å²) < 4.78 is 3.26. The van der Waals surface area contributed by atoms with E-state index in [4.69, 9.17) is 0 Å². The number of hydrogen-bond donors (Lipinski definition) is 0. The molecule has 1 aliphatic heterocycles. The second-order valence-electron chi connectivity index (χ2n) is 3.50. The summed E-state index contributed by atoms with van der Waals surface area (Å²) in [5, 5.41) is 1.45. The van der Waals surface area contributed by atoms with Gasteiger partial charge in [0.25, 0.3) is 0 Å². The van der Waals surface area contributed by atoms with Gasteiger partial charge in [-0.2, -0.15) is 0 Å². The molecule has 2 rings (SSSR count). The molecule has 0 radical (unpaired) electrons. The van der Waals surface area contributed by atoms with Crippen molar-refractivity contribution in [3.8, 4) is 0 Å². The van der Waals surface area contributed by atoms with E-state index in [1.54, 1.807) is 4.47 Å². The Kier molecular flexibility index (Phi) is 3.69. The molecule has 1 aromatic carbocycles. The molecule has 1 aliphatic rings. The van der Waals surface area contributed by atoms with Crippen molar-refractivity contribution in [2.24, 2.45) is 0 Å². The van der Waals surface area contributed by atoms with Crippen LogP contribution in [0.25, 0.3) is 3.58 Å². The van der Waals surface area contributed by atoms with Crippen LogP contribution in [0.2, 0.25) is 5.32 Å². The van der Waals surface area contributed by atoms with Crippen LogP contribution in [0.15, 0.2) is 28.7 Å². The molecule has 0 saturated carbocycles. The van der Waals surface area contributed by atoms with E-state index in [0.29, 0.717) is 0 Å². The monoisotopic (exact) mass is 364 g/mol. The van der Waals surface area contributed by atoms with Crippen LogP contribution < -0.4 is 0 Å². The van der Waals surface area contributed by atoms with Crippen LogP contribution in [0.1, 0.15) is 24.0 Å². The van der Waals surface area contributed by atoms with E-state index in [-0.39, 0.29) is 0 Å². The molecule has 0 bridgehead atoms. The summed E-state index contributed by atoms with van der Waals surface area (Å²) in [4.78, 5) is 0. The SMILES string of the molecule is Cc1ccccc1/C(I)=C1\CCC[Se]1. The number of hydrogen-bond acceptors (Lipinski definition) is 0. The average Bonchev–Trinajstić information content (AvgIpc) is 2.70. The van der Waals surface area contributed by atoms with E-state index < -0.39 is 0 Å². The summed E-state index contributed by atoms with van der Waals surface area (Å²) in [6.07, 6.45) is 2.75. The van der Waals surface area contributed by atoms with Crippen molar-refractivity contribution in [1.29, 1.82) is 0 Å². The Labute approximate surface area is 105 Å². The molecule has 1 saturated heterocycles. The molecule has 0 aromatic heterocycles. The maximum atomic E-state index is 2.53. The van der Waals surface area contributed by atoms with Crippen molar-refractivity contribution in [2.45, 2.75) is 25.1 Å². The first-order valence-electron chi connectivity index (χ1n) is 4.86. The van der Waals surface area contributed by atoms with Crippen molar-refractivity contribution in [2.75, 3.05) is 0 Å². The molecular formula is C12H13ISe. The first-order valence-corrected chi connectivity index (χ1v) is 8.01. The van der Waals surface area contributed by atoms with Gasteiger partial charge in [-0.05, 0) is 0 Å². The number of rotatable bonds is 1. The summed E-state index contributed by atoms with van der Waals surface area (Å²) >= 11 is 3.31. The van der Waals surface area contributed by atoms with Crippen LogP contribution in [-0.2, 0) is 0 Å². The van der Waals surface area contributed by atoms with Gasteiger partial charge >= 0.3 is 106 Å². The van der Waals surface area contributed by atoms with E-state index >= 15 is 0 Å². The Bertz CT molecular complexity index is 360. The molecule has 1 aromatic rings. The molecule has 74 valence electrons. The van der Waals surface area contributed by atoms with Gasteiger partial charge < -0.3 is 0 Å². The van der Waals surface area contributed by atoms with E-state index in [0.717, 1.165) is 15.0 Å². The fourth-order valence-corrected chi connectivity index (χ4v) is 5.55. The molecule has 0 amide bonds. The minimum absolute atomic E-state index is 0.777. The quantitative estimate of drug-likeness (QED) is 0.523. The number of benzene rings is 1. The van der Waals surface area contributed by atoms with Crippen molar-refractivity contribution >= 4 is 41.1 Å². The molecule has 0 unspecified atom stereocenters. The summed E-state index contributed by atoms with van der Waals surface area (Å²) in [7, 11) is 0. The normalized spacial score (nSPS) is 19.9. The van der Waals surface area contributed by atoms with Crippen LogP contribution in [0.3, 0.4) is 0 Å². The Morgan fingerprint density at radius 3 is 2.79 bits per heavy atom. The van der Waals surface area contributed by atoms with Crippen LogP contribution in [0.5, 0.6) is 0 Å². The predicted octanol–water partition coefficient (Wildman–Crippen LogP) is 4.01. The minimum atomic E-state index is 0.777. The van der Waals surface area contributed by atoms with E-state index in [1.807, 2.05) is 0 Å². The summed E-state index contributed by atoms with van der Waals surface area (Å²) in [6, 6.07) is 8.71. The molecule has 0 aliphatic carbocycles. The van der Waals surface area contributed by atoms with Gasteiger partial charge in [-0.25, -0.2) is 0 Å². The van der Waals surface area contributed by atoms with E-state index in [2.05, 4.69) is 53.8 Å². The van der Waals surface area contributed by atoms with Gasteiger partial charge in [0.15, 0.2) is 0 Å². The second kappa shape index (κ2) is 4.82. The third-order valence-electron chi connectivity index (χ3n) is 2.45. The first-order chi connectivity index (χ1) is 6.79. The Morgan fingerprint density at radius 1 is 1.36 bits per heavy atom. The fraction of sp³-hybridized carbons (Fsp3) is 0.333. The number of aryl methyl sites for hydroxylation is 1. The van der Waals surface area contributed by atoms with E-state index in [9.17, 15) is 0 Å². The summed E-state index contributed by atoms with van der Waals surface area (Å²) in [5.41, 5.74) is 2.86. The van der Waals surface area contributed by atoms with Crippen LogP contribution in [0.4, 0.5) is 0 Å². The van der Waals surface area contributed by atoms with Crippen molar-refractivity contribution in [3.05, 3.63) is 39.9 Å². The zero-order valence-corrected chi connectivity index (χ0v) is 12.1. The molecule has 1 heterocycles. The van der Waals surface area contributed by atoms with Gasteiger partial charge in [-0.3, -0.25) is 0 Å². The topological polar surface area (TPSA) is 0 Å². The zero-order chi connectivity index (χ0) is 9.97. The van der Waals surface area contributed by atoms with Crippen LogP contribution in [0, 0.1) is 6.92 Å². The second-order valence-corrected chi connectivity index (χ2v) is 7.08. The van der Waals surface area contributed by atoms with Gasteiger partial charge in [0, 0.05) is 0 Å². The van der Waals surface area contributed by atoms with Gasteiger partial charge in [0.05, 0.1) is 0 Å². The maximum absolute atomic E-state index is 2.53. The molecule has 2 heteroatoms. The van der Waals surface area contributed by atoms with Crippen LogP contribution >= 0.6 is 22.6 Å². The summed E-state index contributed by atoms with van der Waals surface area (Å²) in [5.74, 6) is 0. The van der Waals surface area contributed by atoms with Gasteiger partial charge in [0.1, 0.15) is 0 Å². The molecule has 1 fully saturated rings. The Morgan fingerprint density at radius 2 is 2.14 bits per heavy atom. The predicted molar refractivity (Wildman–Crippen MR) is 71.9 cm³/mol. The van der Waals surface area contributed by atoms with Gasteiger partial charge in [-0.1, -0.05) is 0 Å². The third-order valence-corrected chi connectivity index (χ3v) is 7.13. The van der Waals surface area contributed by atoms with Crippen molar-refractivity contribution < 1.29 is 0 Å².